The van der Waals surface area contributed by atoms with Crippen molar-refractivity contribution in [3.63, 3.8) is 0 Å². The molecule has 8 unspecified atom stereocenters. The highest BCUT2D eigenvalue weighted by Crippen LogP contribution is 2.76. The summed E-state index contributed by atoms with van der Waals surface area (Å²) >= 11 is 0. The molecule has 31 heavy (non-hydrogen) atoms. The molecule has 1 aromatic rings. The number of hydrogen-bond donors (Lipinski definition) is 2. The van der Waals surface area contributed by atoms with E-state index in [-0.39, 0.29) is 45.8 Å². The molecule has 1 aromatic carbocycles. The minimum absolute atomic E-state index is 0.00216. The molecule has 0 radical (unpaired) electrons. The molecule has 0 amide bonds. The van der Waals surface area contributed by atoms with Crippen LogP contribution in [0.3, 0.4) is 0 Å². The highest BCUT2D eigenvalue weighted by atomic mass is 16.5. The molecule has 4 saturated carbocycles. The van der Waals surface area contributed by atoms with Crippen molar-refractivity contribution in [2.75, 3.05) is 0 Å². The van der Waals surface area contributed by atoms with Crippen molar-refractivity contribution < 1.29 is 19.7 Å². The highest BCUT2D eigenvalue weighted by Gasteiger charge is 2.72. The monoisotopic (exact) mass is 426 g/mol. The first-order valence-electron chi connectivity index (χ1n) is 12.2. The van der Waals surface area contributed by atoms with Crippen molar-refractivity contribution in [3.05, 3.63) is 35.9 Å². The van der Waals surface area contributed by atoms with Gasteiger partial charge in [-0.05, 0) is 84.7 Å². The third-order valence-electron chi connectivity index (χ3n) is 10.5. The summed E-state index contributed by atoms with van der Waals surface area (Å²) in [6, 6.07) is 9.24. The maximum Gasteiger partial charge on any atom is 0.338 e. The molecular weight excluding hydrogens is 388 g/mol. The molecule has 1 spiro atoms. The second-order valence-corrected chi connectivity index (χ2v) is 12.3. The highest BCUT2D eigenvalue weighted by molar-refractivity contribution is 5.89. The summed E-state index contributed by atoms with van der Waals surface area (Å²) in [5.41, 5.74) is 0.397. The summed E-state index contributed by atoms with van der Waals surface area (Å²) in [5.74, 6) is 0.191. The van der Waals surface area contributed by atoms with Crippen molar-refractivity contribution in [1.82, 2.24) is 0 Å². The van der Waals surface area contributed by atoms with Crippen molar-refractivity contribution in [3.8, 4) is 0 Å². The van der Waals surface area contributed by atoms with Crippen LogP contribution in [0.4, 0.5) is 0 Å². The molecular formula is C27H38O4. The van der Waals surface area contributed by atoms with Gasteiger partial charge in [0.2, 0.25) is 0 Å². The minimum Gasteiger partial charge on any atom is -0.458 e. The summed E-state index contributed by atoms with van der Waals surface area (Å²) in [6.07, 6.45) is 5.73. The van der Waals surface area contributed by atoms with Crippen LogP contribution in [0.1, 0.15) is 83.0 Å². The topological polar surface area (TPSA) is 66.8 Å². The zero-order valence-electron chi connectivity index (χ0n) is 19.4. The van der Waals surface area contributed by atoms with Gasteiger partial charge in [-0.3, -0.25) is 0 Å². The number of carbonyl (C=O) groups is 1. The molecule has 8 atom stereocenters. The van der Waals surface area contributed by atoms with Crippen LogP contribution in [0.5, 0.6) is 0 Å². The fraction of sp³-hybridized carbons (Fsp3) is 0.741. The molecule has 0 heterocycles. The van der Waals surface area contributed by atoms with Crippen molar-refractivity contribution in [1.29, 1.82) is 0 Å². The van der Waals surface area contributed by atoms with E-state index >= 15 is 0 Å². The van der Waals surface area contributed by atoms with E-state index in [9.17, 15) is 15.0 Å². The fourth-order valence-electron chi connectivity index (χ4n) is 8.85. The Hall–Kier alpha value is -1.39. The number of hydrogen-bond acceptors (Lipinski definition) is 4. The van der Waals surface area contributed by atoms with E-state index in [4.69, 9.17) is 4.74 Å². The Morgan fingerprint density at radius 2 is 1.68 bits per heavy atom. The number of ether oxygens (including phenoxy) is 1. The van der Waals surface area contributed by atoms with Crippen LogP contribution in [0, 0.1) is 33.5 Å². The predicted molar refractivity (Wildman–Crippen MR) is 119 cm³/mol. The maximum atomic E-state index is 13.1. The zero-order valence-corrected chi connectivity index (χ0v) is 19.4. The number of aliphatic hydroxyl groups is 2. The second-order valence-electron chi connectivity index (χ2n) is 12.3. The van der Waals surface area contributed by atoms with E-state index in [0.29, 0.717) is 11.5 Å². The summed E-state index contributed by atoms with van der Waals surface area (Å²) in [6.45, 7) is 9.04. The molecule has 4 heteroatoms. The Bertz CT molecular complexity index is 865. The smallest absolute Gasteiger partial charge is 0.338 e. The number of benzene rings is 1. The van der Waals surface area contributed by atoms with Crippen LogP contribution in [0.2, 0.25) is 0 Å². The summed E-state index contributed by atoms with van der Waals surface area (Å²) in [5, 5.41) is 22.0. The van der Waals surface area contributed by atoms with Gasteiger partial charge >= 0.3 is 5.97 Å². The SMILES string of the molecule is CC12CCC3(C1)C(CC(OC(=O)c1ccccc1)C1C(C)(C)C(O)CCC13C)CC2O. The summed E-state index contributed by atoms with van der Waals surface area (Å²) < 4.78 is 6.28. The molecule has 4 nitrogen and oxygen atoms in total. The molecule has 4 aliphatic rings. The first kappa shape index (κ1) is 21.5. The first-order chi connectivity index (χ1) is 14.5. The molecule has 170 valence electrons. The molecule has 2 N–H and O–H groups in total. The van der Waals surface area contributed by atoms with Crippen LogP contribution >= 0.6 is 0 Å². The molecule has 4 fully saturated rings. The quantitative estimate of drug-likeness (QED) is 0.655. The van der Waals surface area contributed by atoms with Crippen LogP contribution < -0.4 is 0 Å². The molecule has 5 rings (SSSR count). The van der Waals surface area contributed by atoms with Gasteiger partial charge in [-0.2, -0.15) is 0 Å². The number of fused-ring (bicyclic) bond motifs is 2. The van der Waals surface area contributed by atoms with E-state index in [0.717, 1.165) is 44.9 Å². The lowest BCUT2D eigenvalue weighted by Crippen LogP contribution is -2.67. The molecule has 0 aromatic heterocycles. The molecule has 0 saturated heterocycles. The Labute approximate surface area is 186 Å². The summed E-state index contributed by atoms with van der Waals surface area (Å²) in [4.78, 5) is 13.1. The number of aliphatic hydroxyl groups excluding tert-OH is 2. The van der Waals surface area contributed by atoms with Crippen LogP contribution in [0.15, 0.2) is 30.3 Å². The van der Waals surface area contributed by atoms with Crippen LogP contribution in [0.25, 0.3) is 0 Å². The number of carbonyl (C=O) groups excluding carboxylic acids is 1. The van der Waals surface area contributed by atoms with Gasteiger partial charge in [0.1, 0.15) is 6.10 Å². The Morgan fingerprint density at radius 1 is 0.968 bits per heavy atom. The van der Waals surface area contributed by atoms with Crippen molar-refractivity contribution >= 4 is 5.97 Å². The fourth-order valence-corrected chi connectivity index (χ4v) is 8.85. The minimum atomic E-state index is -0.390. The van der Waals surface area contributed by atoms with Crippen molar-refractivity contribution in [2.24, 2.45) is 33.5 Å². The molecule has 0 aliphatic heterocycles. The zero-order chi connectivity index (χ0) is 22.2. The average molecular weight is 427 g/mol. The Morgan fingerprint density at radius 3 is 2.39 bits per heavy atom. The number of rotatable bonds is 2. The Balaban J connectivity index is 1.56. The van der Waals surface area contributed by atoms with Gasteiger partial charge < -0.3 is 14.9 Å². The van der Waals surface area contributed by atoms with Gasteiger partial charge in [-0.1, -0.05) is 45.9 Å². The normalized spacial score (nSPS) is 47.9. The van der Waals surface area contributed by atoms with Crippen LogP contribution in [-0.4, -0.2) is 34.5 Å². The van der Waals surface area contributed by atoms with E-state index in [1.165, 1.54) is 0 Å². The van der Waals surface area contributed by atoms with E-state index in [1.54, 1.807) is 12.1 Å². The second kappa shape index (κ2) is 6.81. The van der Waals surface area contributed by atoms with Gasteiger partial charge in [0.15, 0.2) is 0 Å². The average Bonchev–Trinajstić information content (AvgIpc) is 3.05. The van der Waals surface area contributed by atoms with Crippen molar-refractivity contribution in [2.45, 2.75) is 91.0 Å². The predicted octanol–water partition coefficient (Wildman–Crippen LogP) is 4.98. The molecule has 2 bridgehead atoms. The lowest BCUT2D eigenvalue weighted by Gasteiger charge is -2.69. The third kappa shape index (κ3) is 2.83. The standard InChI is InChI=1S/C27H38O4/c1-24(2)20(28)10-11-26(4)22(24)19(31-23(30)17-8-6-5-7-9-17)14-18-15-21(29)25(3)12-13-27(18,26)16-25/h5-9,18-22,28-29H,10-16H2,1-4H3. The lowest BCUT2D eigenvalue weighted by molar-refractivity contribution is -0.247. The van der Waals surface area contributed by atoms with Gasteiger partial charge in [-0.25, -0.2) is 4.79 Å². The van der Waals surface area contributed by atoms with Crippen LogP contribution in [-0.2, 0) is 4.74 Å². The van der Waals surface area contributed by atoms with E-state index in [1.807, 2.05) is 18.2 Å². The maximum absolute atomic E-state index is 13.1. The Kier molecular flexibility index (Phi) is 4.71. The van der Waals surface area contributed by atoms with E-state index in [2.05, 4.69) is 27.7 Å². The lowest BCUT2D eigenvalue weighted by atomic mass is 9.37. The van der Waals surface area contributed by atoms with Gasteiger partial charge in [0.05, 0.1) is 17.8 Å². The number of esters is 1. The summed E-state index contributed by atoms with van der Waals surface area (Å²) in [7, 11) is 0. The third-order valence-corrected chi connectivity index (χ3v) is 10.5. The van der Waals surface area contributed by atoms with Gasteiger partial charge in [0.25, 0.3) is 0 Å². The van der Waals surface area contributed by atoms with Gasteiger partial charge in [-0.15, -0.1) is 0 Å². The van der Waals surface area contributed by atoms with E-state index < -0.39 is 6.10 Å². The van der Waals surface area contributed by atoms with Gasteiger partial charge in [0, 0.05) is 5.92 Å². The molecule has 4 aliphatic carbocycles. The first-order valence-corrected chi connectivity index (χ1v) is 12.2. The largest absolute Gasteiger partial charge is 0.458 e.